The summed E-state index contributed by atoms with van der Waals surface area (Å²) in [6.07, 6.45) is 3.56. The number of nitrogens with zero attached hydrogens (tertiary/aromatic N) is 2. The van der Waals surface area contributed by atoms with Crippen molar-refractivity contribution in [2.45, 2.75) is 6.92 Å². The Hall–Kier alpha value is -1.45. The van der Waals surface area contributed by atoms with Crippen LogP contribution < -0.4 is 4.74 Å². The molecule has 1 rings (SSSR count). The molecule has 0 bridgehead atoms. The lowest BCUT2D eigenvalue weighted by Gasteiger charge is -2.01. The Labute approximate surface area is 64.2 Å². The van der Waals surface area contributed by atoms with E-state index in [0.717, 1.165) is 0 Å². The van der Waals surface area contributed by atoms with Crippen molar-refractivity contribution in [1.29, 1.82) is 0 Å². The topological polar surface area (TPSA) is 52.1 Å². The van der Waals surface area contributed by atoms with Gasteiger partial charge in [0.15, 0.2) is 12.0 Å². The van der Waals surface area contributed by atoms with E-state index in [-0.39, 0.29) is 5.69 Å². The van der Waals surface area contributed by atoms with Crippen molar-refractivity contribution in [2.75, 3.05) is 6.61 Å². The number of rotatable bonds is 3. The van der Waals surface area contributed by atoms with E-state index >= 15 is 0 Å². The average Bonchev–Trinajstić information content (AvgIpc) is 2.06. The van der Waals surface area contributed by atoms with E-state index in [1.54, 1.807) is 0 Å². The maximum absolute atomic E-state index is 10.3. The number of carbonyl (C=O) groups is 1. The van der Waals surface area contributed by atoms with Crippen LogP contribution in [0.5, 0.6) is 5.88 Å². The molecule has 1 aromatic rings. The molecule has 4 nitrogen and oxygen atoms in total. The summed E-state index contributed by atoms with van der Waals surface area (Å²) in [7, 11) is 0. The molecule has 0 amide bonds. The Morgan fingerprint density at radius 3 is 2.91 bits per heavy atom. The molecule has 1 heterocycles. The van der Waals surface area contributed by atoms with Gasteiger partial charge in [0.2, 0.25) is 5.88 Å². The highest BCUT2D eigenvalue weighted by Gasteiger charge is 2.02. The van der Waals surface area contributed by atoms with Gasteiger partial charge in [-0.2, -0.15) is 0 Å². The van der Waals surface area contributed by atoms with Gasteiger partial charge in [-0.15, -0.1) is 0 Å². The molecular weight excluding hydrogens is 144 g/mol. The first-order valence-corrected chi connectivity index (χ1v) is 3.27. The number of hydrogen-bond donors (Lipinski definition) is 0. The lowest BCUT2D eigenvalue weighted by atomic mass is 10.5. The van der Waals surface area contributed by atoms with E-state index in [2.05, 4.69) is 9.97 Å². The van der Waals surface area contributed by atoms with Gasteiger partial charge in [-0.05, 0) is 6.92 Å². The molecule has 0 atom stereocenters. The molecule has 0 aliphatic carbocycles. The lowest BCUT2D eigenvalue weighted by Crippen LogP contribution is -1.99. The zero-order valence-corrected chi connectivity index (χ0v) is 6.15. The molecule has 0 saturated heterocycles. The van der Waals surface area contributed by atoms with Crippen molar-refractivity contribution in [1.82, 2.24) is 9.97 Å². The molecule has 4 heteroatoms. The number of aldehydes is 1. The second kappa shape index (κ2) is 3.65. The molecule has 0 fully saturated rings. The summed E-state index contributed by atoms with van der Waals surface area (Å²) in [5.74, 6) is 0.296. The first-order chi connectivity index (χ1) is 5.38. The SMILES string of the molecule is CCOc1nccnc1C=O. The van der Waals surface area contributed by atoms with Crippen LogP contribution in [0.2, 0.25) is 0 Å². The van der Waals surface area contributed by atoms with Crippen molar-refractivity contribution in [3.05, 3.63) is 18.1 Å². The van der Waals surface area contributed by atoms with Crippen molar-refractivity contribution < 1.29 is 9.53 Å². The zero-order chi connectivity index (χ0) is 8.10. The normalized spacial score (nSPS) is 9.18. The maximum Gasteiger partial charge on any atom is 0.243 e. The van der Waals surface area contributed by atoms with Gasteiger partial charge in [0.05, 0.1) is 6.61 Å². The van der Waals surface area contributed by atoms with Crippen LogP contribution in [0, 0.1) is 0 Å². The molecular formula is C7H8N2O2. The molecule has 58 valence electrons. The monoisotopic (exact) mass is 152 g/mol. The summed E-state index contributed by atoms with van der Waals surface area (Å²) in [5, 5.41) is 0. The molecule has 0 unspecified atom stereocenters. The summed E-state index contributed by atoms with van der Waals surface area (Å²) in [4.78, 5) is 17.9. The summed E-state index contributed by atoms with van der Waals surface area (Å²) in [6.45, 7) is 2.31. The number of ether oxygens (including phenoxy) is 1. The van der Waals surface area contributed by atoms with Gasteiger partial charge in [0.25, 0.3) is 0 Å². The third-order valence-corrected chi connectivity index (χ3v) is 1.08. The fourth-order valence-corrected chi connectivity index (χ4v) is 0.665. The standard InChI is InChI=1S/C7H8N2O2/c1-2-11-7-6(5-10)8-3-4-9-7/h3-5H,2H2,1H3. The first-order valence-electron chi connectivity index (χ1n) is 3.27. The highest BCUT2D eigenvalue weighted by Crippen LogP contribution is 2.07. The molecule has 0 saturated carbocycles. The van der Waals surface area contributed by atoms with Crippen LogP contribution >= 0.6 is 0 Å². The van der Waals surface area contributed by atoms with Crippen molar-refractivity contribution >= 4 is 6.29 Å². The maximum atomic E-state index is 10.3. The summed E-state index contributed by atoms with van der Waals surface area (Å²) < 4.78 is 5.02. The van der Waals surface area contributed by atoms with Crippen LogP contribution in [0.15, 0.2) is 12.4 Å². The number of carbonyl (C=O) groups excluding carboxylic acids is 1. The Morgan fingerprint density at radius 1 is 1.55 bits per heavy atom. The smallest absolute Gasteiger partial charge is 0.243 e. The third kappa shape index (κ3) is 1.73. The predicted molar refractivity (Wildman–Crippen MR) is 38.6 cm³/mol. The molecule has 0 N–H and O–H groups in total. The van der Waals surface area contributed by atoms with Gasteiger partial charge in [-0.25, -0.2) is 9.97 Å². The fraction of sp³-hybridized carbons (Fsp3) is 0.286. The predicted octanol–water partition coefficient (Wildman–Crippen LogP) is 0.688. The minimum atomic E-state index is 0.245. The van der Waals surface area contributed by atoms with Crippen LogP contribution in [-0.2, 0) is 0 Å². The van der Waals surface area contributed by atoms with Gasteiger partial charge in [0.1, 0.15) is 0 Å². The quantitative estimate of drug-likeness (QED) is 0.598. The van der Waals surface area contributed by atoms with Gasteiger partial charge in [-0.1, -0.05) is 0 Å². The van der Waals surface area contributed by atoms with Gasteiger partial charge < -0.3 is 4.74 Å². The van der Waals surface area contributed by atoms with E-state index in [0.29, 0.717) is 18.8 Å². The van der Waals surface area contributed by atoms with Crippen LogP contribution in [0.25, 0.3) is 0 Å². The van der Waals surface area contributed by atoms with Crippen LogP contribution in [0.4, 0.5) is 0 Å². The molecule has 1 aromatic heterocycles. The second-order valence-electron chi connectivity index (χ2n) is 1.80. The van der Waals surface area contributed by atoms with Crippen LogP contribution in [0.1, 0.15) is 17.4 Å². The van der Waals surface area contributed by atoms with Gasteiger partial charge >= 0.3 is 0 Å². The van der Waals surface area contributed by atoms with E-state index in [1.165, 1.54) is 12.4 Å². The highest BCUT2D eigenvalue weighted by molar-refractivity contribution is 5.74. The average molecular weight is 152 g/mol. The molecule has 0 spiro atoms. The molecule has 0 aromatic carbocycles. The van der Waals surface area contributed by atoms with Crippen molar-refractivity contribution in [3.8, 4) is 5.88 Å². The Morgan fingerprint density at radius 2 is 2.27 bits per heavy atom. The minimum Gasteiger partial charge on any atom is -0.476 e. The lowest BCUT2D eigenvalue weighted by molar-refractivity contribution is 0.111. The van der Waals surface area contributed by atoms with E-state index in [9.17, 15) is 4.79 Å². The Kier molecular flexibility index (Phi) is 2.54. The third-order valence-electron chi connectivity index (χ3n) is 1.08. The minimum absolute atomic E-state index is 0.245. The largest absolute Gasteiger partial charge is 0.476 e. The first kappa shape index (κ1) is 7.65. The molecule has 11 heavy (non-hydrogen) atoms. The van der Waals surface area contributed by atoms with Gasteiger partial charge in [0, 0.05) is 12.4 Å². The highest BCUT2D eigenvalue weighted by atomic mass is 16.5. The second-order valence-corrected chi connectivity index (χ2v) is 1.80. The zero-order valence-electron chi connectivity index (χ0n) is 6.15. The van der Waals surface area contributed by atoms with E-state index in [4.69, 9.17) is 4.74 Å². The molecule has 0 radical (unpaired) electrons. The van der Waals surface area contributed by atoms with Crippen molar-refractivity contribution in [2.24, 2.45) is 0 Å². The van der Waals surface area contributed by atoms with Gasteiger partial charge in [-0.3, -0.25) is 4.79 Å². The van der Waals surface area contributed by atoms with E-state index in [1.807, 2.05) is 6.92 Å². The number of hydrogen-bond acceptors (Lipinski definition) is 4. The van der Waals surface area contributed by atoms with Crippen LogP contribution in [-0.4, -0.2) is 22.9 Å². The summed E-state index contributed by atoms with van der Waals surface area (Å²) in [6, 6.07) is 0. The summed E-state index contributed by atoms with van der Waals surface area (Å²) >= 11 is 0. The molecule has 0 aliphatic heterocycles. The molecule has 0 aliphatic rings. The Balaban J connectivity index is 2.92. The van der Waals surface area contributed by atoms with Crippen molar-refractivity contribution in [3.63, 3.8) is 0 Å². The van der Waals surface area contributed by atoms with E-state index < -0.39 is 0 Å². The fourth-order valence-electron chi connectivity index (χ4n) is 0.665. The summed E-state index contributed by atoms with van der Waals surface area (Å²) in [5.41, 5.74) is 0.245. The Bertz CT molecular complexity index is 250. The number of aromatic nitrogens is 2. The van der Waals surface area contributed by atoms with Crippen LogP contribution in [0.3, 0.4) is 0 Å².